The van der Waals surface area contributed by atoms with Crippen molar-refractivity contribution < 1.29 is 10.2 Å². The minimum absolute atomic E-state index is 0.100. The Morgan fingerprint density at radius 1 is 0.867 bits per heavy atom. The Morgan fingerprint density at radius 3 is 2.30 bits per heavy atom. The zero-order valence-corrected chi connectivity index (χ0v) is 20.6. The maximum atomic E-state index is 11.0. The Morgan fingerprint density at radius 2 is 1.60 bits per heavy atom. The molecule has 0 aromatic carbocycles. The molecular weight excluding hydrogens is 368 g/mol. The third-order valence-corrected chi connectivity index (χ3v) is 11.7. The van der Waals surface area contributed by atoms with Crippen LogP contribution in [-0.2, 0) is 0 Å². The molecule has 30 heavy (non-hydrogen) atoms. The van der Waals surface area contributed by atoms with Crippen molar-refractivity contribution in [1.82, 2.24) is 0 Å². The number of hydrogen-bond acceptors (Lipinski definition) is 2. The van der Waals surface area contributed by atoms with Crippen LogP contribution < -0.4 is 0 Å². The second-order valence-electron chi connectivity index (χ2n) is 12.8. The summed E-state index contributed by atoms with van der Waals surface area (Å²) in [6.45, 7) is 12.0. The molecule has 0 aliphatic heterocycles. The molecule has 4 saturated carbocycles. The summed E-state index contributed by atoms with van der Waals surface area (Å²) < 4.78 is 0. The highest BCUT2D eigenvalue weighted by Crippen LogP contribution is 2.69. The Labute approximate surface area is 186 Å². The normalized spacial score (nSPS) is 50.3. The summed E-state index contributed by atoms with van der Waals surface area (Å²) in [5.41, 5.74) is 0.623. The van der Waals surface area contributed by atoms with Gasteiger partial charge in [0.1, 0.15) is 0 Å². The van der Waals surface area contributed by atoms with E-state index in [0.29, 0.717) is 10.8 Å². The number of aliphatic hydroxyl groups is 2. The Hall–Kier alpha value is -0.0800. The molecule has 0 bridgehead atoms. The van der Waals surface area contributed by atoms with Gasteiger partial charge >= 0.3 is 0 Å². The molecule has 0 amide bonds. The molecule has 10 atom stereocenters. The van der Waals surface area contributed by atoms with Gasteiger partial charge in [0.15, 0.2) is 0 Å². The fourth-order valence-electron chi connectivity index (χ4n) is 9.48. The van der Waals surface area contributed by atoms with Crippen molar-refractivity contribution in [2.45, 2.75) is 130 Å². The van der Waals surface area contributed by atoms with Crippen LogP contribution in [-0.4, -0.2) is 21.9 Å². The monoisotopic (exact) mass is 418 g/mol. The SMILES string of the molecule is CC[C@H](O)CC[C@@H](C)[C@H]1CC[C@H]2[C@@H]3CC[C@H]4C[C@](O)(CC)CC[C@]4(C)[C@H]3CC[C@]12C. The average Bonchev–Trinajstić information content (AvgIpc) is 3.09. The smallest absolute Gasteiger partial charge is 0.0648 e. The third kappa shape index (κ3) is 3.70. The lowest BCUT2D eigenvalue weighted by atomic mass is 9.43. The van der Waals surface area contributed by atoms with Gasteiger partial charge in [0.2, 0.25) is 0 Å². The van der Waals surface area contributed by atoms with Crippen molar-refractivity contribution in [2.24, 2.45) is 46.3 Å². The van der Waals surface area contributed by atoms with Crippen molar-refractivity contribution in [1.29, 1.82) is 0 Å². The first-order chi connectivity index (χ1) is 14.2. The Kier molecular flexibility index (Phi) is 6.44. The second kappa shape index (κ2) is 8.36. The number of hydrogen-bond donors (Lipinski definition) is 2. The van der Waals surface area contributed by atoms with Gasteiger partial charge in [-0.2, -0.15) is 0 Å². The van der Waals surface area contributed by atoms with E-state index in [4.69, 9.17) is 0 Å². The molecule has 0 aromatic rings. The van der Waals surface area contributed by atoms with Crippen LogP contribution >= 0.6 is 0 Å². The van der Waals surface area contributed by atoms with Crippen LogP contribution in [0.1, 0.15) is 118 Å². The first kappa shape index (κ1) is 23.1. The lowest BCUT2D eigenvalue weighted by Gasteiger charge is -2.62. The zero-order chi connectivity index (χ0) is 21.7. The quantitative estimate of drug-likeness (QED) is 0.489. The summed E-state index contributed by atoms with van der Waals surface area (Å²) in [4.78, 5) is 0. The largest absolute Gasteiger partial charge is 0.393 e. The third-order valence-electron chi connectivity index (χ3n) is 11.7. The van der Waals surface area contributed by atoms with E-state index in [1.807, 2.05) is 0 Å². The second-order valence-corrected chi connectivity index (χ2v) is 12.8. The van der Waals surface area contributed by atoms with Crippen LogP contribution in [0.2, 0.25) is 0 Å². The molecule has 174 valence electrons. The Balaban J connectivity index is 1.47. The summed E-state index contributed by atoms with van der Waals surface area (Å²) in [6, 6.07) is 0. The van der Waals surface area contributed by atoms with E-state index in [0.717, 1.165) is 67.6 Å². The predicted molar refractivity (Wildman–Crippen MR) is 125 cm³/mol. The lowest BCUT2D eigenvalue weighted by Crippen LogP contribution is -2.56. The van der Waals surface area contributed by atoms with Crippen molar-refractivity contribution in [3.63, 3.8) is 0 Å². The highest BCUT2D eigenvalue weighted by molar-refractivity contribution is 5.10. The van der Waals surface area contributed by atoms with Gasteiger partial charge in [-0.3, -0.25) is 0 Å². The molecule has 2 heteroatoms. The molecule has 2 nitrogen and oxygen atoms in total. The molecule has 0 radical (unpaired) electrons. The molecule has 4 aliphatic rings. The highest BCUT2D eigenvalue weighted by atomic mass is 16.3. The van der Waals surface area contributed by atoms with Gasteiger partial charge in [-0.15, -0.1) is 0 Å². The van der Waals surface area contributed by atoms with E-state index in [9.17, 15) is 10.2 Å². The number of aliphatic hydroxyl groups excluding tert-OH is 1. The van der Waals surface area contributed by atoms with Crippen LogP contribution in [0.4, 0.5) is 0 Å². The molecule has 4 rings (SSSR count). The van der Waals surface area contributed by atoms with Crippen LogP contribution in [0, 0.1) is 46.3 Å². The summed E-state index contributed by atoms with van der Waals surface area (Å²) in [5.74, 6) is 5.09. The van der Waals surface area contributed by atoms with Gasteiger partial charge in [0.25, 0.3) is 0 Å². The minimum Gasteiger partial charge on any atom is -0.393 e. The van der Waals surface area contributed by atoms with Crippen molar-refractivity contribution in [3.05, 3.63) is 0 Å². The van der Waals surface area contributed by atoms with Crippen LogP contribution in [0.15, 0.2) is 0 Å². The van der Waals surface area contributed by atoms with Crippen LogP contribution in [0.25, 0.3) is 0 Å². The van der Waals surface area contributed by atoms with Gasteiger partial charge in [-0.1, -0.05) is 34.6 Å². The van der Waals surface area contributed by atoms with Crippen molar-refractivity contribution in [2.75, 3.05) is 0 Å². The van der Waals surface area contributed by atoms with Gasteiger partial charge in [0, 0.05) is 0 Å². The van der Waals surface area contributed by atoms with Gasteiger partial charge in [-0.25, -0.2) is 0 Å². The fourth-order valence-corrected chi connectivity index (χ4v) is 9.48. The van der Waals surface area contributed by atoms with Crippen molar-refractivity contribution in [3.8, 4) is 0 Å². The first-order valence-corrected chi connectivity index (χ1v) is 13.6. The molecule has 0 unspecified atom stereocenters. The van der Waals surface area contributed by atoms with Gasteiger partial charge in [0.05, 0.1) is 11.7 Å². The van der Waals surface area contributed by atoms with Crippen LogP contribution in [0.5, 0.6) is 0 Å². The van der Waals surface area contributed by atoms with E-state index in [2.05, 4.69) is 34.6 Å². The zero-order valence-electron chi connectivity index (χ0n) is 20.6. The summed E-state index contributed by atoms with van der Waals surface area (Å²) in [7, 11) is 0. The summed E-state index contributed by atoms with van der Waals surface area (Å²) in [5, 5.41) is 21.1. The maximum absolute atomic E-state index is 11.0. The molecule has 4 aliphatic carbocycles. The Bertz CT molecular complexity index is 603. The topological polar surface area (TPSA) is 40.5 Å². The van der Waals surface area contributed by atoms with E-state index < -0.39 is 0 Å². The molecular formula is C28H50O2. The maximum Gasteiger partial charge on any atom is 0.0648 e. The molecule has 0 heterocycles. The number of rotatable bonds is 6. The van der Waals surface area contributed by atoms with Crippen molar-refractivity contribution >= 4 is 0 Å². The molecule has 0 spiro atoms. The molecule has 0 saturated heterocycles. The van der Waals surface area contributed by atoms with E-state index in [-0.39, 0.29) is 11.7 Å². The molecule has 0 aromatic heterocycles. The lowest BCUT2D eigenvalue weighted by molar-refractivity contribution is -0.152. The van der Waals surface area contributed by atoms with E-state index in [1.165, 1.54) is 51.4 Å². The summed E-state index contributed by atoms with van der Waals surface area (Å²) in [6.07, 6.45) is 15.7. The summed E-state index contributed by atoms with van der Waals surface area (Å²) >= 11 is 0. The highest BCUT2D eigenvalue weighted by Gasteiger charge is 2.61. The van der Waals surface area contributed by atoms with Gasteiger partial charge < -0.3 is 10.2 Å². The first-order valence-electron chi connectivity index (χ1n) is 13.6. The average molecular weight is 419 g/mol. The van der Waals surface area contributed by atoms with E-state index in [1.54, 1.807) is 0 Å². The minimum atomic E-state index is -0.378. The standard InChI is InChI=1S/C28H50O2/c1-6-21(29)10-8-19(3)23-12-13-24-22-11-9-20-18-28(30,7-2)17-16-26(20,4)25(22)14-15-27(23,24)5/h19-25,29-30H,6-18H2,1-5H3/t19-,20+,21+,22+,23-,24+,25+,26+,27-,28+/m1/s1. The molecule has 2 N–H and O–H groups in total. The van der Waals surface area contributed by atoms with Gasteiger partial charge in [-0.05, 0) is 130 Å². The van der Waals surface area contributed by atoms with E-state index >= 15 is 0 Å². The number of fused-ring (bicyclic) bond motifs is 5. The predicted octanol–water partition coefficient (Wildman–Crippen LogP) is 6.97. The molecule has 4 fully saturated rings. The van der Waals surface area contributed by atoms with Crippen LogP contribution in [0.3, 0.4) is 0 Å². The fraction of sp³-hybridized carbons (Fsp3) is 1.00.